The summed E-state index contributed by atoms with van der Waals surface area (Å²) < 4.78 is 0. The molecule has 0 aromatic carbocycles. The third kappa shape index (κ3) is 3.71. The van der Waals surface area contributed by atoms with E-state index in [9.17, 15) is 0 Å². The maximum absolute atomic E-state index is 5.62. The smallest absolute Gasteiger partial charge is 0.131 e. The highest BCUT2D eigenvalue weighted by atomic mass is 15.1. The molecule has 0 aliphatic heterocycles. The number of likely N-dealkylation sites (N-methyl/N-ethyl adjacent to an activating group) is 1. The zero-order valence-corrected chi connectivity index (χ0v) is 9.78. The summed E-state index contributed by atoms with van der Waals surface area (Å²) in [5.41, 5.74) is 5.62. The molecule has 84 valence electrons. The zero-order chi connectivity index (χ0) is 11.4. The van der Waals surface area contributed by atoms with Gasteiger partial charge in [0.25, 0.3) is 0 Å². The molecule has 1 rings (SSSR count). The third-order valence-electron chi connectivity index (χ3n) is 2.32. The molecule has 1 atom stereocenters. The SMILES string of the molecule is Cc1nc(N)cc(NCC(C)N(C)C)n1. The molecule has 3 N–H and O–H groups in total. The van der Waals surface area contributed by atoms with Crippen LogP contribution in [0.3, 0.4) is 0 Å². The summed E-state index contributed by atoms with van der Waals surface area (Å²) in [6, 6.07) is 2.19. The van der Waals surface area contributed by atoms with Crippen LogP contribution in [0, 0.1) is 6.92 Å². The molecule has 0 saturated carbocycles. The monoisotopic (exact) mass is 209 g/mol. The molecule has 1 heterocycles. The van der Waals surface area contributed by atoms with Gasteiger partial charge in [-0.1, -0.05) is 0 Å². The second kappa shape index (κ2) is 4.93. The van der Waals surface area contributed by atoms with E-state index in [1.807, 2.05) is 21.0 Å². The fraction of sp³-hybridized carbons (Fsp3) is 0.600. The molecule has 0 saturated heterocycles. The number of nitrogens with one attached hydrogen (secondary N) is 1. The van der Waals surface area contributed by atoms with E-state index in [0.29, 0.717) is 17.7 Å². The Labute approximate surface area is 90.7 Å². The molecular formula is C10H19N5. The predicted molar refractivity (Wildman–Crippen MR) is 62.8 cm³/mol. The molecule has 0 spiro atoms. The summed E-state index contributed by atoms with van der Waals surface area (Å²) in [6.45, 7) is 4.81. The van der Waals surface area contributed by atoms with Gasteiger partial charge in [-0.15, -0.1) is 0 Å². The number of hydrogen-bond donors (Lipinski definition) is 2. The first kappa shape index (κ1) is 11.7. The number of nitrogen functional groups attached to an aromatic ring is 1. The molecule has 0 fully saturated rings. The Hall–Kier alpha value is -1.36. The third-order valence-corrected chi connectivity index (χ3v) is 2.32. The van der Waals surface area contributed by atoms with Crippen LogP contribution >= 0.6 is 0 Å². The normalized spacial score (nSPS) is 12.9. The largest absolute Gasteiger partial charge is 0.384 e. The first-order valence-corrected chi connectivity index (χ1v) is 5.00. The number of aryl methyl sites for hydroxylation is 1. The van der Waals surface area contributed by atoms with Crippen molar-refractivity contribution in [3.8, 4) is 0 Å². The van der Waals surface area contributed by atoms with Gasteiger partial charge in [0.2, 0.25) is 0 Å². The van der Waals surface area contributed by atoms with Gasteiger partial charge in [-0.2, -0.15) is 0 Å². The Morgan fingerprint density at radius 1 is 1.47 bits per heavy atom. The fourth-order valence-electron chi connectivity index (χ4n) is 1.12. The second-order valence-corrected chi connectivity index (χ2v) is 3.92. The molecule has 0 bridgehead atoms. The highest BCUT2D eigenvalue weighted by molar-refractivity contribution is 5.44. The molecule has 0 amide bonds. The molecule has 15 heavy (non-hydrogen) atoms. The van der Waals surface area contributed by atoms with Crippen LogP contribution in [0.2, 0.25) is 0 Å². The van der Waals surface area contributed by atoms with Gasteiger partial charge in [-0.05, 0) is 27.9 Å². The lowest BCUT2D eigenvalue weighted by Crippen LogP contribution is -2.31. The van der Waals surface area contributed by atoms with E-state index in [-0.39, 0.29) is 0 Å². The number of aromatic nitrogens is 2. The maximum Gasteiger partial charge on any atom is 0.131 e. The lowest BCUT2D eigenvalue weighted by molar-refractivity contribution is 0.326. The maximum atomic E-state index is 5.62. The standard InChI is InChI=1S/C10H19N5/c1-7(15(3)4)6-12-10-5-9(11)13-8(2)14-10/h5,7H,6H2,1-4H3,(H3,11,12,13,14). The quantitative estimate of drug-likeness (QED) is 0.765. The van der Waals surface area contributed by atoms with Crippen LogP contribution in [0.15, 0.2) is 6.07 Å². The predicted octanol–water partition coefficient (Wildman–Crippen LogP) is 0.729. The molecule has 1 unspecified atom stereocenters. The van der Waals surface area contributed by atoms with Crippen LogP contribution in [0.25, 0.3) is 0 Å². The minimum Gasteiger partial charge on any atom is -0.384 e. The summed E-state index contributed by atoms with van der Waals surface area (Å²) in [4.78, 5) is 10.4. The summed E-state index contributed by atoms with van der Waals surface area (Å²) in [7, 11) is 4.10. The Kier molecular flexibility index (Phi) is 3.85. The summed E-state index contributed by atoms with van der Waals surface area (Å²) in [5, 5.41) is 3.23. The van der Waals surface area contributed by atoms with E-state index in [0.717, 1.165) is 12.4 Å². The van der Waals surface area contributed by atoms with Crippen molar-refractivity contribution < 1.29 is 0 Å². The van der Waals surface area contributed by atoms with E-state index >= 15 is 0 Å². The van der Waals surface area contributed by atoms with Crippen molar-refractivity contribution in [2.75, 3.05) is 31.7 Å². The van der Waals surface area contributed by atoms with E-state index in [1.165, 1.54) is 0 Å². The van der Waals surface area contributed by atoms with Crippen LogP contribution in [-0.2, 0) is 0 Å². The number of rotatable bonds is 4. The average Bonchev–Trinajstić information content (AvgIpc) is 2.12. The van der Waals surface area contributed by atoms with Crippen molar-refractivity contribution in [1.29, 1.82) is 0 Å². The van der Waals surface area contributed by atoms with Gasteiger partial charge in [0.1, 0.15) is 17.5 Å². The molecular weight excluding hydrogens is 190 g/mol. The number of nitrogens with zero attached hydrogens (tertiary/aromatic N) is 3. The van der Waals surface area contributed by atoms with Gasteiger partial charge in [0.15, 0.2) is 0 Å². The molecule has 1 aromatic rings. The van der Waals surface area contributed by atoms with Crippen molar-refractivity contribution >= 4 is 11.6 Å². The lowest BCUT2D eigenvalue weighted by Gasteiger charge is -2.20. The zero-order valence-electron chi connectivity index (χ0n) is 9.78. The Balaban J connectivity index is 2.57. The minimum absolute atomic E-state index is 0.446. The van der Waals surface area contributed by atoms with Crippen LogP contribution in [-0.4, -0.2) is 41.5 Å². The van der Waals surface area contributed by atoms with Gasteiger partial charge < -0.3 is 16.0 Å². The van der Waals surface area contributed by atoms with Gasteiger partial charge in [-0.25, -0.2) is 9.97 Å². The summed E-state index contributed by atoms with van der Waals surface area (Å²) >= 11 is 0. The molecule has 5 heteroatoms. The van der Waals surface area contributed by atoms with Crippen LogP contribution in [0.5, 0.6) is 0 Å². The number of nitrogens with two attached hydrogens (primary N) is 1. The van der Waals surface area contributed by atoms with Crippen molar-refractivity contribution in [3.63, 3.8) is 0 Å². The Morgan fingerprint density at radius 3 is 2.67 bits per heavy atom. The number of hydrogen-bond acceptors (Lipinski definition) is 5. The van der Waals surface area contributed by atoms with Gasteiger partial charge in [0.05, 0.1) is 0 Å². The Bertz CT molecular complexity index is 303. The first-order valence-electron chi connectivity index (χ1n) is 5.00. The number of anilines is 2. The molecule has 0 aliphatic carbocycles. The van der Waals surface area contributed by atoms with Crippen LogP contribution in [0.1, 0.15) is 12.7 Å². The molecule has 0 aliphatic rings. The van der Waals surface area contributed by atoms with Crippen molar-refractivity contribution in [2.24, 2.45) is 0 Å². The fourth-order valence-corrected chi connectivity index (χ4v) is 1.12. The summed E-state index contributed by atoms with van der Waals surface area (Å²) in [5.74, 6) is 1.98. The van der Waals surface area contributed by atoms with E-state index in [1.54, 1.807) is 6.07 Å². The molecule has 5 nitrogen and oxygen atoms in total. The van der Waals surface area contributed by atoms with Crippen molar-refractivity contribution in [3.05, 3.63) is 11.9 Å². The van der Waals surface area contributed by atoms with Gasteiger partial charge in [0, 0.05) is 18.7 Å². The van der Waals surface area contributed by atoms with Gasteiger partial charge in [-0.3, -0.25) is 0 Å². The Morgan fingerprint density at radius 2 is 2.13 bits per heavy atom. The minimum atomic E-state index is 0.446. The summed E-state index contributed by atoms with van der Waals surface area (Å²) in [6.07, 6.45) is 0. The first-order chi connectivity index (χ1) is 6.99. The van der Waals surface area contributed by atoms with E-state index in [2.05, 4.69) is 27.1 Å². The van der Waals surface area contributed by atoms with Crippen LogP contribution in [0.4, 0.5) is 11.6 Å². The highest BCUT2D eigenvalue weighted by Crippen LogP contribution is 2.07. The van der Waals surface area contributed by atoms with Crippen LogP contribution < -0.4 is 11.1 Å². The van der Waals surface area contributed by atoms with E-state index < -0.39 is 0 Å². The van der Waals surface area contributed by atoms with Gasteiger partial charge >= 0.3 is 0 Å². The molecule has 0 radical (unpaired) electrons. The topological polar surface area (TPSA) is 67.1 Å². The highest BCUT2D eigenvalue weighted by Gasteiger charge is 2.05. The van der Waals surface area contributed by atoms with Crippen molar-refractivity contribution in [1.82, 2.24) is 14.9 Å². The lowest BCUT2D eigenvalue weighted by atomic mass is 10.3. The average molecular weight is 209 g/mol. The second-order valence-electron chi connectivity index (χ2n) is 3.92. The van der Waals surface area contributed by atoms with E-state index in [4.69, 9.17) is 5.73 Å². The molecule has 1 aromatic heterocycles. The van der Waals surface area contributed by atoms with Crippen molar-refractivity contribution in [2.45, 2.75) is 19.9 Å².